The Kier molecular flexibility index (Phi) is 4.79. The van der Waals surface area contributed by atoms with E-state index in [-0.39, 0.29) is 11.9 Å². The first-order valence-corrected chi connectivity index (χ1v) is 9.21. The fraction of sp³-hybridized carbons (Fsp3) is 0.227. The Morgan fingerprint density at radius 1 is 1.14 bits per heavy atom. The van der Waals surface area contributed by atoms with Crippen molar-refractivity contribution in [1.82, 2.24) is 0 Å². The summed E-state index contributed by atoms with van der Waals surface area (Å²) in [7, 11) is 3.56. The molecule has 144 valence electrons. The van der Waals surface area contributed by atoms with Crippen LogP contribution in [0.15, 0.2) is 63.6 Å². The third-order valence-corrected chi connectivity index (χ3v) is 5.12. The monoisotopic (exact) mass is 379 g/mol. The zero-order valence-corrected chi connectivity index (χ0v) is 16.1. The predicted molar refractivity (Wildman–Crippen MR) is 108 cm³/mol. The van der Waals surface area contributed by atoms with Crippen molar-refractivity contribution in [2.75, 3.05) is 19.5 Å². The third-order valence-electron chi connectivity index (χ3n) is 5.12. The molecule has 2 N–H and O–H groups in total. The number of carbonyl (C=O) groups excluding carboxylic acids is 1. The van der Waals surface area contributed by atoms with Crippen LogP contribution in [0, 0.1) is 0 Å². The quantitative estimate of drug-likeness (QED) is 0.540. The van der Waals surface area contributed by atoms with Crippen LogP contribution in [0.25, 0.3) is 21.9 Å². The number of likely N-dealkylation sites (N-methyl/N-ethyl adjacent to an activating group) is 1. The van der Waals surface area contributed by atoms with E-state index in [4.69, 9.17) is 13.6 Å². The molecule has 0 aliphatic heterocycles. The minimum atomic E-state index is -0.277. The highest BCUT2D eigenvalue weighted by Gasteiger charge is 2.24. The summed E-state index contributed by atoms with van der Waals surface area (Å²) in [6.07, 6.45) is 1.64. The second-order valence-corrected chi connectivity index (χ2v) is 6.96. The molecule has 4 aromatic rings. The fourth-order valence-electron chi connectivity index (χ4n) is 3.32. The molecule has 1 amide bonds. The van der Waals surface area contributed by atoms with Crippen molar-refractivity contribution >= 4 is 33.5 Å². The highest BCUT2D eigenvalue weighted by Crippen LogP contribution is 2.36. The fourth-order valence-corrected chi connectivity index (χ4v) is 3.32. The Hall–Kier alpha value is -3.25. The highest BCUT2D eigenvalue weighted by molar-refractivity contribution is 6.08. The van der Waals surface area contributed by atoms with E-state index in [1.807, 2.05) is 62.5 Å². The van der Waals surface area contributed by atoms with E-state index in [1.165, 1.54) is 0 Å². The number of nitrogens with one attached hydrogen (secondary N) is 2. The molecule has 0 spiro atoms. The van der Waals surface area contributed by atoms with Crippen molar-refractivity contribution in [3.8, 4) is 5.75 Å². The molecule has 0 fully saturated rings. The number of rotatable bonds is 6. The molecule has 0 saturated carbocycles. The number of furan rings is 2. The summed E-state index contributed by atoms with van der Waals surface area (Å²) in [5.74, 6) is 1.35. The van der Waals surface area contributed by atoms with Gasteiger partial charge in [-0.05, 0) is 31.2 Å². The van der Waals surface area contributed by atoms with Crippen LogP contribution in [0.2, 0.25) is 0 Å². The maximum absolute atomic E-state index is 12.8. The van der Waals surface area contributed by atoms with E-state index in [9.17, 15) is 4.79 Å². The van der Waals surface area contributed by atoms with Crippen LogP contribution in [-0.4, -0.2) is 26.1 Å². The van der Waals surface area contributed by atoms with E-state index in [0.717, 1.165) is 27.0 Å². The van der Waals surface area contributed by atoms with Gasteiger partial charge in [0, 0.05) is 16.8 Å². The maximum Gasteiger partial charge on any atom is 0.282 e. The number of amides is 1. The van der Waals surface area contributed by atoms with Gasteiger partial charge in [0.15, 0.2) is 11.8 Å². The molecule has 6 nitrogen and oxygen atoms in total. The van der Waals surface area contributed by atoms with Gasteiger partial charge in [0.1, 0.15) is 23.5 Å². The smallest absolute Gasteiger partial charge is 0.282 e. The van der Waals surface area contributed by atoms with Crippen LogP contribution in [0.3, 0.4) is 0 Å². The molecule has 28 heavy (non-hydrogen) atoms. The number of para-hydroxylation sites is 1. The van der Waals surface area contributed by atoms with Gasteiger partial charge in [0.05, 0.1) is 26.1 Å². The third kappa shape index (κ3) is 3.34. The number of methoxy groups -OCH3 is 1. The van der Waals surface area contributed by atoms with Gasteiger partial charge in [-0.15, -0.1) is 0 Å². The largest absolute Gasteiger partial charge is 0.495 e. The Labute approximate surface area is 162 Å². The molecule has 1 unspecified atom stereocenters. The molecule has 2 aromatic carbocycles. The Morgan fingerprint density at radius 3 is 2.71 bits per heavy atom. The lowest BCUT2D eigenvalue weighted by Crippen LogP contribution is -3.12. The van der Waals surface area contributed by atoms with Crippen LogP contribution in [0.5, 0.6) is 5.75 Å². The first-order chi connectivity index (χ1) is 13.6. The normalized spacial score (nSPS) is 13.5. The molecule has 0 radical (unpaired) electrons. The van der Waals surface area contributed by atoms with Crippen molar-refractivity contribution in [2.45, 2.75) is 19.5 Å². The number of hydrogen-bond acceptors (Lipinski definition) is 4. The minimum absolute atomic E-state index is 0.0992. The average Bonchev–Trinajstić information content (AvgIpc) is 3.33. The molecule has 0 aliphatic carbocycles. The van der Waals surface area contributed by atoms with Crippen molar-refractivity contribution < 1.29 is 23.3 Å². The maximum atomic E-state index is 12.8. The lowest BCUT2D eigenvalue weighted by atomic mass is 10.1. The molecule has 4 rings (SSSR count). The van der Waals surface area contributed by atoms with Gasteiger partial charge in [-0.1, -0.05) is 18.2 Å². The van der Waals surface area contributed by atoms with Crippen LogP contribution in [0.4, 0.5) is 5.69 Å². The van der Waals surface area contributed by atoms with Gasteiger partial charge < -0.3 is 23.8 Å². The van der Waals surface area contributed by atoms with Gasteiger partial charge in [-0.25, -0.2) is 0 Å². The van der Waals surface area contributed by atoms with Gasteiger partial charge in [-0.3, -0.25) is 4.79 Å². The van der Waals surface area contributed by atoms with Crippen LogP contribution >= 0.6 is 0 Å². The summed E-state index contributed by atoms with van der Waals surface area (Å²) in [5, 5.41) is 4.96. The zero-order valence-electron chi connectivity index (χ0n) is 16.1. The predicted octanol–water partition coefficient (Wildman–Crippen LogP) is 3.23. The molecule has 6 heteroatoms. The van der Waals surface area contributed by atoms with Crippen LogP contribution < -0.4 is 15.0 Å². The number of ether oxygens (including phenoxy) is 1. The first kappa shape index (κ1) is 18.1. The topological polar surface area (TPSA) is 69.0 Å². The second-order valence-electron chi connectivity index (χ2n) is 6.96. The standard InChI is InChI=1S/C22H22N2O4/c1-14(24(2)13-15-7-6-10-27-15)22(25)23-18-12-20-17(11-21(18)26-3)16-8-4-5-9-19(16)28-20/h4-12,14H,13H2,1-3H3,(H,23,25)/p+1/t14-/m0/s1. The Bertz CT molecular complexity index is 1110. The second kappa shape index (κ2) is 7.40. The summed E-state index contributed by atoms with van der Waals surface area (Å²) < 4.78 is 16.8. The number of fused-ring (bicyclic) bond motifs is 3. The highest BCUT2D eigenvalue weighted by atomic mass is 16.5. The zero-order chi connectivity index (χ0) is 19.7. The van der Waals surface area contributed by atoms with Crippen molar-refractivity contribution in [3.63, 3.8) is 0 Å². The molecule has 2 atom stereocenters. The molecule has 0 bridgehead atoms. The molecular formula is C22H23N2O4+. The van der Waals surface area contributed by atoms with Crippen molar-refractivity contribution in [3.05, 3.63) is 60.6 Å². The number of anilines is 1. The SMILES string of the molecule is COc1cc2c(cc1NC(=O)[C@H](C)[NH+](C)Cc1ccco1)oc1ccccc12. The first-order valence-electron chi connectivity index (χ1n) is 9.21. The summed E-state index contributed by atoms with van der Waals surface area (Å²) >= 11 is 0. The van der Waals surface area contributed by atoms with E-state index in [0.29, 0.717) is 23.6 Å². The van der Waals surface area contributed by atoms with Gasteiger partial charge >= 0.3 is 0 Å². The minimum Gasteiger partial charge on any atom is -0.495 e. The number of quaternary nitrogens is 1. The van der Waals surface area contributed by atoms with E-state index < -0.39 is 0 Å². The van der Waals surface area contributed by atoms with Crippen LogP contribution in [-0.2, 0) is 11.3 Å². The van der Waals surface area contributed by atoms with E-state index >= 15 is 0 Å². The lowest BCUT2D eigenvalue weighted by Gasteiger charge is -2.20. The molecule has 2 aromatic heterocycles. The number of carbonyl (C=O) groups is 1. The molecular weight excluding hydrogens is 356 g/mol. The lowest BCUT2D eigenvalue weighted by molar-refractivity contribution is -0.908. The molecule has 0 saturated heterocycles. The molecule has 0 aliphatic rings. The van der Waals surface area contributed by atoms with Gasteiger partial charge in [0.25, 0.3) is 5.91 Å². The summed E-state index contributed by atoms with van der Waals surface area (Å²) in [6.45, 7) is 2.52. The summed E-state index contributed by atoms with van der Waals surface area (Å²) in [4.78, 5) is 13.8. The summed E-state index contributed by atoms with van der Waals surface area (Å²) in [5.41, 5.74) is 2.11. The van der Waals surface area contributed by atoms with E-state index in [1.54, 1.807) is 13.4 Å². The van der Waals surface area contributed by atoms with Gasteiger partial charge in [-0.2, -0.15) is 0 Å². The average molecular weight is 379 g/mol. The number of hydrogen-bond donors (Lipinski definition) is 2. The Morgan fingerprint density at radius 2 is 1.96 bits per heavy atom. The number of benzene rings is 2. The van der Waals surface area contributed by atoms with Crippen molar-refractivity contribution in [1.29, 1.82) is 0 Å². The Balaban J connectivity index is 1.59. The summed E-state index contributed by atoms with van der Waals surface area (Å²) in [6, 6.07) is 15.0. The van der Waals surface area contributed by atoms with Crippen molar-refractivity contribution in [2.24, 2.45) is 0 Å². The van der Waals surface area contributed by atoms with Gasteiger partial charge in [0.2, 0.25) is 0 Å². The van der Waals surface area contributed by atoms with Crippen LogP contribution in [0.1, 0.15) is 12.7 Å². The molecule has 2 heterocycles. The van der Waals surface area contributed by atoms with E-state index in [2.05, 4.69) is 5.32 Å².